The van der Waals surface area contributed by atoms with E-state index < -0.39 is 6.04 Å². The summed E-state index contributed by atoms with van der Waals surface area (Å²) >= 11 is 0. The predicted octanol–water partition coefficient (Wildman–Crippen LogP) is 1.75. The molecule has 1 unspecified atom stereocenters. The highest BCUT2D eigenvalue weighted by atomic mass is 16.5. The number of rotatable bonds is 7. The maximum absolute atomic E-state index is 11.9. The van der Waals surface area contributed by atoms with Crippen LogP contribution in [0.5, 0.6) is 5.75 Å². The number of amides is 1. The largest absolute Gasteiger partial charge is 0.492 e. The molecule has 21 heavy (non-hydrogen) atoms. The molecule has 0 bridgehead atoms. The van der Waals surface area contributed by atoms with Crippen molar-refractivity contribution >= 4 is 5.91 Å². The summed E-state index contributed by atoms with van der Waals surface area (Å²) < 4.78 is 5.50. The van der Waals surface area contributed by atoms with Gasteiger partial charge < -0.3 is 15.8 Å². The van der Waals surface area contributed by atoms with Crippen molar-refractivity contribution in [2.45, 2.75) is 12.5 Å². The van der Waals surface area contributed by atoms with Gasteiger partial charge in [0.05, 0.1) is 12.6 Å². The number of para-hydroxylation sites is 1. The molecule has 1 atom stereocenters. The van der Waals surface area contributed by atoms with Crippen LogP contribution >= 0.6 is 0 Å². The standard InChI is InChI=1S/C17H20N2O2/c18-16(13-14-7-3-1-4-8-14)17(20)19-11-12-21-15-9-5-2-6-10-15/h1-10,16H,11-13,18H2,(H,19,20). The number of benzene rings is 2. The lowest BCUT2D eigenvalue weighted by Crippen LogP contribution is -2.43. The zero-order valence-electron chi connectivity index (χ0n) is 11.9. The number of carbonyl (C=O) groups excluding carboxylic acids is 1. The summed E-state index contributed by atoms with van der Waals surface area (Å²) in [6.07, 6.45) is 0.534. The lowest BCUT2D eigenvalue weighted by atomic mass is 10.1. The molecule has 110 valence electrons. The number of nitrogens with one attached hydrogen (secondary N) is 1. The van der Waals surface area contributed by atoms with Crippen molar-refractivity contribution in [2.24, 2.45) is 5.73 Å². The average Bonchev–Trinajstić information content (AvgIpc) is 2.53. The fraction of sp³-hybridized carbons (Fsp3) is 0.235. The second-order valence-electron chi connectivity index (χ2n) is 4.75. The quantitative estimate of drug-likeness (QED) is 0.761. The first-order chi connectivity index (χ1) is 10.3. The van der Waals surface area contributed by atoms with Crippen molar-refractivity contribution in [3.05, 3.63) is 66.2 Å². The Bertz CT molecular complexity index is 543. The van der Waals surface area contributed by atoms with Crippen LogP contribution in [-0.4, -0.2) is 25.1 Å². The summed E-state index contributed by atoms with van der Waals surface area (Å²) in [5.41, 5.74) is 6.95. The molecular weight excluding hydrogens is 264 g/mol. The third-order valence-corrected chi connectivity index (χ3v) is 3.05. The molecule has 2 aromatic rings. The van der Waals surface area contributed by atoms with Gasteiger partial charge in [-0.05, 0) is 24.1 Å². The topological polar surface area (TPSA) is 64.4 Å². The Hall–Kier alpha value is -2.33. The third kappa shape index (κ3) is 5.28. The van der Waals surface area contributed by atoms with E-state index >= 15 is 0 Å². The molecule has 0 aliphatic heterocycles. The first-order valence-electron chi connectivity index (χ1n) is 7.01. The molecule has 0 saturated heterocycles. The molecule has 0 saturated carbocycles. The van der Waals surface area contributed by atoms with Crippen molar-refractivity contribution in [1.29, 1.82) is 0 Å². The first-order valence-corrected chi connectivity index (χ1v) is 7.01. The number of ether oxygens (including phenoxy) is 1. The highest BCUT2D eigenvalue weighted by Gasteiger charge is 2.13. The van der Waals surface area contributed by atoms with E-state index in [-0.39, 0.29) is 5.91 Å². The molecule has 0 spiro atoms. The van der Waals surface area contributed by atoms with Gasteiger partial charge in [-0.2, -0.15) is 0 Å². The normalized spacial score (nSPS) is 11.7. The van der Waals surface area contributed by atoms with Crippen LogP contribution < -0.4 is 15.8 Å². The number of hydrogen-bond acceptors (Lipinski definition) is 3. The third-order valence-electron chi connectivity index (χ3n) is 3.05. The van der Waals surface area contributed by atoms with Crippen LogP contribution in [0, 0.1) is 0 Å². The Balaban J connectivity index is 1.67. The van der Waals surface area contributed by atoms with Gasteiger partial charge in [0.15, 0.2) is 0 Å². The molecule has 3 N–H and O–H groups in total. The molecule has 0 aliphatic carbocycles. The second-order valence-corrected chi connectivity index (χ2v) is 4.75. The minimum absolute atomic E-state index is 0.157. The molecular formula is C17H20N2O2. The molecule has 2 aromatic carbocycles. The summed E-state index contributed by atoms with van der Waals surface area (Å²) in [6, 6.07) is 18.7. The van der Waals surface area contributed by atoms with E-state index in [1.165, 1.54) is 0 Å². The van der Waals surface area contributed by atoms with E-state index in [0.29, 0.717) is 19.6 Å². The lowest BCUT2D eigenvalue weighted by Gasteiger charge is -2.12. The van der Waals surface area contributed by atoms with Crippen molar-refractivity contribution in [2.75, 3.05) is 13.2 Å². The van der Waals surface area contributed by atoms with Crippen LogP contribution in [-0.2, 0) is 11.2 Å². The number of hydrogen-bond donors (Lipinski definition) is 2. The zero-order valence-corrected chi connectivity index (χ0v) is 11.9. The van der Waals surface area contributed by atoms with E-state index in [4.69, 9.17) is 10.5 Å². The van der Waals surface area contributed by atoms with Gasteiger partial charge in [-0.1, -0.05) is 48.5 Å². The Kier molecular flexibility index (Phi) is 5.79. The van der Waals surface area contributed by atoms with Gasteiger partial charge in [0.2, 0.25) is 5.91 Å². The highest BCUT2D eigenvalue weighted by Crippen LogP contribution is 2.07. The van der Waals surface area contributed by atoms with Crippen LogP contribution in [0.15, 0.2) is 60.7 Å². The summed E-state index contributed by atoms with van der Waals surface area (Å²) in [5, 5.41) is 2.78. The van der Waals surface area contributed by atoms with Gasteiger partial charge in [0.1, 0.15) is 12.4 Å². The Morgan fingerprint density at radius 1 is 1.05 bits per heavy atom. The summed E-state index contributed by atoms with van der Waals surface area (Å²) in [4.78, 5) is 11.9. The maximum atomic E-state index is 11.9. The molecule has 2 rings (SSSR count). The second kappa shape index (κ2) is 8.07. The van der Waals surface area contributed by atoms with Gasteiger partial charge in [-0.3, -0.25) is 4.79 Å². The smallest absolute Gasteiger partial charge is 0.237 e. The van der Waals surface area contributed by atoms with Crippen LogP contribution in [0.2, 0.25) is 0 Å². The maximum Gasteiger partial charge on any atom is 0.237 e. The monoisotopic (exact) mass is 284 g/mol. The first kappa shape index (κ1) is 15.1. The average molecular weight is 284 g/mol. The van der Waals surface area contributed by atoms with E-state index in [2.05, 4.69) is 5.32 Å². The Labute approximate surface area is 124 Å². The van der Waals surface area contributed by atoms with Crippen LogP contribution in [0.25, 0.3) is 0 Å². The van der Waals surface area contributed by atoms with Gasteiger partial charge in [-0.15, -0.1) is 0 Å². The predicted molar refractivity (Wildman–Crippen MR) is 83.1 cm³/mol. The van der Waals surface area contributed by atoms with E-state index in [1.54, 1.807) is 0 Å². The Morgan fingerprint density at radius 2 is 1.67 bits per heavy atom. The van der Waals surface area contributed by atoms with Crippen LogP contribution in [0.3, 0.4) is 0 Å². The fourth-order valence-electron chi connectivity index (χ4n) is 1.95. The molecule has 0 heterocycles. The van der Waals surface area contributed by atoms with E-state index in [9.17, 15) is 4.79 Å². The number of carbonyl (C=O) groups is 1. The molecule has 0 aliphatic rings. The van der Waals surface area contributed by atoms with Crippen LogP contribution in [0.4, 0.5) is 0 Å². The summed E-state index contributed by atoms with van der Waals surface area (Å²) in [5.74, 6) is 0.635. The SMILES string of the molecule is NC(Cc1ccccc1)C(=O)NCCOc1ccccc1. The molecule has 0 fully saturated rings. The Morgan fingerprint density at radius 3 is 2.33 bits per heavy atom. The molecule has 4 heteroatoms. The minimum atomic E-state index is -0.538. The van der Waals surface area contributed by atoms with Crippen molar-refractivity contribution < 1.29 is 9.53 Å². The molecule has 4 nitrogen and oxygen atoms in total. The minimum Gasteiger partial charge on any atom is -0.492 e. The highest BCUT2D eigenvalue weighted by molar-refractivity contribution is 5.81. The van der Waals surface area contributed by atoms with Gasteiger partial charge in [-0.25, -0.2) is 0 Å². The molecule has 0 aromatic heterocycles. The summed E-state index contributed by atoms with van der Waals surface area (Å²) in [6.45, 7) is 0.865. The fourth-order valence-corrected chi connectivity index (χ4v) is 1.95. The van der Waals surface area contributed by atoms with Gasteiger partial charge in [0.25, 0.3) is 0 Å². The lowest BCUT2D eigenvalue weighted by molar-refractivity contribution is -0.122. The van der Waals surface area contributed by atoms with E-state index in [0.717, 1.165) is 11.3 Å². The van der Waals surface area contributed by atoms with Gasteiger partial charge in [0, 0.05) is 0 Å². The van der Waals surface area contributed by atoms with Crippen molar-refractivity contribution in [3.63, 3.8) is 0 Å². The van der Waals surface area contributed by atoms with E-state index in [1.807, 2.05) is 60.7 Å². The molecule has 0 radical (unpaired) electrons. The summed E-state index contributed by atoms with van der Waals surface area (Å²) in [7, 11) is 0. The van der Waals surface area contributed by atoms with Crippen molar-refractivity contribution in [1.82, 2.24) is 5.32 Å². The molecule has 1 amide bonds. The zero-order chi connectivity index (χ0) is 14.9. The van der Waals surface area contributed by atoms with Gasteiger partial charge >= 0.3 is 0 Å². The number of nitrogens with two attached hydrogens (primary N) is 1. The van der Waals surface area contributed by atoms with Crippen molar-refractivity contribution in [3.8, 4) is 5.75 Å². The van der Waals surface area contributed by atoms with Crippen LogP contribution in [0.1, 0.15) is 5.56 Å².